The minimum absolute atomic E-state index is 0.00760. The number of halogens is 1. The second kappa shape index (κ2) is 10.9. The molecule has 2 atom stereocenters. The van der Waals surface area contributed by atoms with Gasteiger partial charge in [0.1, 0.15) is 11.9 Å². The highest BCUT2D eigenvalue weighted by Crippen LogP contribution is 2.40. The molecule has 1 heterocycles. The summed E-state index contributed by atoms with van der Waals surface area (Å²) in [5, 5.41) is 11.2. The van der Waals surface area contributed by atoms with Gasteiger partial charge in [0, 0.05) is 17.7 Å². The zero-order valence-electron chi connectivity index (χ0n) is 21.9. The van der Waals surface area contributed by atoms with Crippen molar-refractivity contribution in [3.63, 3.8) is 0 Å². The summed E-state index contributed by atoms with van der Waals surface area (Å²) in [6, 6.07) is 7.02. The smallest absolute Gasteiger partial charge is 0.409 e. The fraction of sp³-hybridized carbons (Fsp3) is 0.417. The maximum Gasteiger partial charge on any atom is 0.409 e. The maximum absolute atomic E-state index is 14.0. The van der Waals surface area contributed by atoms with Crippen molar-refractivity contribution in [1.82, 2.24) is 4.72 Å². The minimum Gasteiger partial charge on any atom is -0.494 e. The largest absolute Gasteiger partial charge is 0.494 e. The standard InChI is InChI=1S/C24H30FN3O9S2/c1-14(22(29)27-39(34,35)24(2,3)4)10-16-13-28(19-11-15(26-23(30)31)6-9-20(19)37-16)38(32,33)17-7-8-18(25)21(12-17)36-5/h6-9,11-12,14,16,26H,10,13H2,1-5H3,(H,27,29)(H,30,31)/t14-,16+/m1/s1. The van der Waals surface area contributed by atoms with Crippen molar-refractivity contribution in [3.05, 3.63) is 42.2 Å². The van der Waals surface area contributed by atoms with E-state index in [0.717, 1.165) is 22.5 Å². The summed E-state index contributed by atoms with van der Waals surface area (Å²) in [7, 11) is -7.16. The van der Waals surface area contributed by atoms with E-state index in [9.17, 15) is 30.8 Å². The second-order valence-electron chi connectivity index (χ2n) is 9.90. The van der Waals surface area contributed by atoms with Gasteiger partial charge in [-0.05, 0) is 57.5 Å². The van der Waals surface area contributed by atoms with Gasteiger partial charge in [-0.15, -0.1) is 0 Å². The molecule has 3 N–H and O–H groups in total. The molecule has 1 aliphatic heterocycles. The Morgan fingerprint density at radius 3 is 2.44 bits per heavy atom. The number of carbonyl (C=O) groups is 2. The number of anilines is 2. The Labute approximate surface area is 226 Å². The van der Waals surface area contributed by atoms with E-state index in [1.807, 2.05) is 4.72 Å². The summed E-state index contributed by atoms with van der Waals surface area (Å²) in [5.74, 6) is -2.66. The van der Waals surface area contributed by atoms with Gasteiger partial charge < -0.3 is 14.6 Å². The molecule has 1 aliphatic rings. The van der Waals surface area contributed by atoms with E-state index < -0.39 is 54.6 Å². The van der Waals surface area contributed by atoms with Gasteiger partial charge in [-0.2, -0.15) is 0 Å². The molecule has 0 fully saturated rings. The molecule has 15 heteroatoms. The first-order valence-electron chi connectivity index (χ1n) is 11.7. The van der Waals surface area contributed by atoms with Gasteiger partial charge in [0.15, 0.2) is 11.6 Å². The fourth-order valence-corrected chi connectivity index (χ4v) is 5.97. The molecule has 2 aromatic carbocycles. The summed E-state index contributed by atoms with van der Waals surface area (Å²) in [5.41, 5.74) is 0.0773. The van der Waals surface area contributed by atoms with Crippen LogP contribution in [0.4, 0.5) is 20.6 Å². The number of nitrogens with zero attached hydrogens (tertiary/aromatic N) is 1. The predicted octanol–water partition coefficient (Wildman–Crippen LogP) is 3.15. The van der Waals surface area contributed by atoms with Gasteiger partial charge in [0.05, 0.1) is 29.0 Å². The Kier molecular flexibility index (Phi) is 8.36. The van der Waals surface area contributed by atoms with Crippen LogP contribution in [-0.4, -0.2) is 58.4 Å². The zero-order valence-corrected chi connectivity index (χ0v) is 23.5. The number of methoxy groups -OCH3 is 1. The third-order valence-electron chi connectivity index (χ3n) is 5.96. The van der Waals surface area contributed by atoms with E-state index in [1.54, 1.807) is 0 Å². The van der Waals surface area contributed by atoms with Gasteiger partial charge in [-0.25, -0.2) is 26.0 Å². The molecule has 0 unspecified atom stereocenters. The minimum atomic E-state index is -4.37. The number of carbonyl (C=O) groups excluding carboxylic acids is 1. The Morgan fingerprint density at radius 2 is 1.85 bits per heavy atom. The van der Waals surface area contributed by atoms with Crippen molar-refractivity contribution < 1.29 is 45.4 Å². The van der Waals surface area contributed by atoms with E-state index in [2.05, 4.69) is 5.32 Å². The van der Waals surface area contributed by atoms with E-state index in [4.69, 9.17) is 14.6 Å². The van der Waals surface area contributed by atoms with Crippen molar-refractivity contribution >= 4 is 43.4 Å². The number of sulfonamides is 2. The third-order valence-corrected chi connectivity index (χ3v) is 9.82. The number of benzene rings is 2. The van der Waals surface area contributed by atoms with Crippen molar-refractivity contribution in [2.45, 2.75) is 49.9 Å². The molecule has 3 rings (SSSR count). The summed E-state index contributed by atoms with van der Waals surface area (Å²) >= 11 is 0. The number of hydrogen-bond acceptors (Lipinski definition) is 8. The van der Waals surface area contributed by atoms with Crippen LogP contribution in [0.15, 0.2) is 41.3 Å². The van der Waals surface area contributed by atoms with Crippen LogP contribution in [0.1, 0.15) is 34.1 Å². The van der Waals surface area contributed by atoms with Crippen molar-refractivity contribution in [2.75, 3.05) is 23.3 Å². The van der Waals surface area contributed by atoms with Crippen LogP contribution in [-0.2, 0) is 24.8 Å². The van der Waals surface area contributed by atoms with Crippen LogP contribution < -0.4 is 23.8 Å². The van der Waals surface area contributed by atoms with Crippen LogP contribution in [0.3, 0.4) is 0 Å². The number of fused-ring (bicyclic) bond motifs is 1. The van der Waals surface area contributed by atoms with Gasteiger partial charge >= 0.3 is 6.09 Å². The number of ether oxygens (including phenoxy) is 2. The average molecular weight is 588 g/mol. The number of nitrogens with one attached hydrogen (secondary N) is 2. The summed E-state index contributed by atoms with van der Waals surface area (Å²) < 4.78 is 78.9. The van der Waals surface area contributed by atoms with Crippen LogP contribution in [0, 0.1) is 11.7 Å². The fourth-order valence-electron chi connectivity index (χ4n) is 3.68. The Bertz CT molecular complexity index is 1490. The molecule has 0 aromatic heterocycles. The van der Waals surface area contributed by atoms with Crippen molar-refractivity contribution in [2.24, 2.45) is 5.92 Å². The summed E-state index contributed by atoms with van der Waals surface area (Å²) in [6.07, 6.45) is -2.32. The van der Waals surface area contributed by atoms with E-state index in [0.29, 0.717) is 0 Å². The second-order valence-corrected chi connectivity index (χ2v) is 14.2. The highest BCUT2D eigenvalue weighted by molar-refractivity contribution is 7.93. The Morgan fingerprint density at radius 1 is 1.18 bits per heavy atom. The summed E-state index contributed by atoms with van der Waals surface area (Å²) in [4.78, 5) is 23.5. The molecular weight excluding hydrogens is 557 g/mol. The molecule has 0 saturated heterocycles. The molecular formula is C24H30FN3O9S2. The molecule has 0 aliphatic carbocycles. The number of rotatable bonds is 8. The lowest BCUT2D eigenvalue weighted by atomic mass is 10.0. The van der Waals surface area contributed by atoms with Crippen molar-refractivity contribution in [1.29, 1.82) is 0 Å². The molecule has 12 nitrogen and oxygen atoms in total. The quantitative estimate of drug-likeness (QED) is 0.420. The first-order chi connectivity index (χ1) is 18.0. The molecule has 39 heavy (non-hydrogen) atoms. The van der Waals surface area contributed by atoms with Crippen LogP contribution in [0.2, 0.25) is 0 Å². The van der Waals surface area contributed by atoms with Crippen molar-refractivity contribution in [3.8, 4) is 11.5 Å². The maximum atomic E-state index is 14.0. The lowest BCUT2D eigenvalue weighted by Crippen LogP contribution is -2.47. The van der Waals surface area contributed by atoms with Crippen LogP contribution in [0.5, 0.6) is 11.5 Å². The number of carboxylic acid groups (broad SMARTS) is 1. The van der Waals surface area contributed by atoms with Gasteiger partial charge in [0.2, 0.25) is 15.9 Å². The molecule has 0 radical (unpaired) electrons. The number of hydrogen-bond donors (Lipinski definition) is 3. The molecule has 0 saturated carbocycles. The number of amides is 2. The summed E-state index contributed by atoms with van der Waals surface area (Å²) in [6.45, 7) is 5.49. The average Bonchev–Trinajstić information content (AvgIpc) is 2.82. The molecule has 2 amide bonds. The molecule has 2 aromatic rings. The van der Waals surface area contributed by atoms with E-state index in [1.165, 1.54) is 53.0 Å². The predicted molar refractivity (Wildman–Crippen MR) is 141 cm³/mol. The highest BCUT2D eigenvalue weighted by Gasteiger charge is 2.38. The normalized spacial score (nSPS) is 16.5. The lowest BCUT2D eigenvalue weighted by Gasteiger charge is -2.36. The van der Waals surface area contributed by atoms with E-state index in [-0.39, 0.29) is 40.7 Å². The zero-order chi connectivity index (χ0) is 29.3. The topological polar surface area (TPSA) is 168 Å². The first-order valence-corrected chi connectivity index (χ1v) is 14.6. The van der Waals surface area contributed by atoms with Crippen LogP contribution in [0.25, 0.3) is 0 Å². The van der Waals surface area contributed by atoms with E-state index >= 15 is 0 Å². The molecule has 0 bridgehead atoms. The molecule has 0 spiro atoms. The highest BCUT2D eigenvalue weighted by atomic mass is 32.2. The third kappa shape index (κ3) is 6.53. The Balaban J connectivity index is 1.98. The first kappa shape index (κ1) is 30.0. The Hall–Kier alpha value is -3.59. The molecule has 214 valence electrons. The van der Waals surface area contributed by atoms with Crippen LogP contribution >= 0.6 is 0 Å². The monoisotopic (exact) mass is 587 g/mol. The SMILES string of the molecule is COc1cc(S(=O)(=O)N2C[C@H](C[C@@H](C)C(=O)NS(=O)(=O)C(C)(C)C)Oc3ccc(NC(=O)O)cc32)ccc1F. The lowest BCUT2D eigenvalue weighted by molar-refractivity contribution is -0.123. The van der Waals surface area contributed by atoms with Gasteiger partial charge in [-0.3, -0.25) is 19.1 Å². The van der Waals surface area contributed by atoms with Gasteiger partial charge in [-0.1, -0.05) is 6.92 Å². The van der Waals surface area contributed by atoms with Gasteiger partial charge in [0.25, 0.3) is 10.0 Å².